The van der Waals surface area contributed by atoms with Gasteiger partial charge in [0.25, 0.3) is 0 Å². The summed E-state index contributed by atoms with van der Waals surface area (Å²) in [5.74, 6) is -1.80. The van der Waals surface area contributed by atoms with E-state index < -0.39 is 23.6 Å². The van der Waals surface area contributed by atoms with Gasteiger partial charge in [0, 0.05) is 24.2 Å². The minimum absolute atomic E-state index is 0.0763. The Hall–Kier alpha value is -2.47. The van der Waals surface area contributed by atoms with Gasteiger partial charge < -0.3 is 10.2 Å². The molecule has 26 heavy (non-hydrogen) atoms. The van der Waals surface area contributed by atoms with Crippen LogP contribution in [-0.2, 0) is 22.6 Å². The number of hydrogen-bond donors (Lipinski definition) is 1. The molecule has 1 atom stereocenters. The highest BCUT2D eigenvalue weighted by atomic mass is 35.5. The molecule has 2 aromatic carbocycles. The van der Waals surface area contributed by atoms with Crippen LogP contribution in [0.3, 0.4) is 0 Å². The van der Waals surface area contributed by atoms with Gasteiger partial charge in [-0.15, -0.1) is 0 Å². The number of rotatable bonds is 6. The average Bonchev–Trinajstić information content (AvgIpc) is 2.63. The summed E-state index contributed by atoms with van der Waals surface area (Å²) in [4.78, 5) is 26.1. The van der Waals surface area contributed by atoms with Crippen LogP contribution in [-0.4, -0.2) is 29.8 Å². The van der Waals surface area contributed by atoms with Crippen molar-refractivity contribution in [2.24, 2.45) is 0 Å². The minimum Gasteiger partial charge on any atom is -0.357 e. The average molecular weight is 381 g/mol. The van der Waals surface area contributed by atoms with Crippen molar-refractivity contribution in [3.63, 3.8) is 0 Å². The zero-order valence-electron chi connectivity index (χ0n) is 14.4. The van der Waals surface area contributed by atoms with Gasteiger partial charge in [0.2, 0.25) is 11.8 Å². The highest BCUT2D eigenvalue weighted by Gasteiger charge is 2.26. The van der Waals surface area contributed by atoms with Crippen molar-refractivity contribution in [3.8, 4) is 0 Å². The van der Waals surface area contributed by atoms with E-state index in [2.05, 4.69) is 5.32 Å². The largest absolute Gasteiger partial charge is 0.357 e. The van der Waals surface area contributed by atoms with Gasteiger partial charge in [0.15, 0.2) is 0 Å². The number of hydrogen-bond acceptors (Lipinski definition) is 2. The first-order chi connectivity index (χ1) is 12.3. The Labute approximate surface area is 155 Å². The number of benzene rings is 2. The van der Waals surface area contributed by atoms with Crippen LogP contribution in [0.2, 0.25) is 5.02 Å². The normalized spacial score (nSPS) is 11.7. The molecule has 0 aliphatic carbocycles. The molecule has 138 valence electrons. The van der Waals surface area contributed by atoms with Gasteiger partial charge in [-0.3, -0.25) is 9.59 Å². The van der Waals surface area contributed by atoms with Crippen LogP contribution < -0.4 is 5.32 Å². The third-order valence-corrected chi connectivity index (χ3v) is 4.42. The zero-order chi connectivity index (χ0) is 19.3. The maximum absolute atomic E-state index is 14.0. The van der Waals surface area contributed by atoms with E-state index in [4.69, 9.17) is 11.6 Å². The van der Waals surface area contributed by atoms with Crippen LogP contribution in [0.4, 0.5) is 8.78 Å². The molecule has 0 spiro atoms. The van der Waals surface area contributed by atoms with Crippen molar-refractivity contribution in [1.29, 1.82) is 0 Å². The Bertz CT molecular complexity index is 776. The summed E-state index contributed by atoms with van der Waals surface area (Å²) in [5.41, 5.74) is 0.725. The lowest BCUT2D eigenvalue weighted by atomic mass is 10.1. The second-order valence-electron chi connectivity index (χ2n) is 5.82. The fourth-order valence-corrected chi connectivity index (χ4v) is 2.76. The van der Waals surface area contributed by atoms with E-state index in [9.17, 15) is 18.4 Å². The number of nitrogens with one attached hydrogen (secondary N) is 1. The molecule has 0 aliphatic heterocycles. The third kappa shape index (κ3) is 4.79. The van der Waals surface area contributed by atoms with Gasteiger partial charge in [-0.25, -0.2) is 8.78 Å². The smallest absolute Gasteiger partial charge is 0.242 e. The number of nitrogens with zero attached hydrogens (tertiary/aromatic N) is 1. The van der Waals surface area contributed by atoms with Gasteiger partial charge in [-0.1, -0.05) is 29.8 Å². The van der Waals surface area contributed by atoms with Crippen LogP contribution in [0, 0.1) is 11.6 Å². The summed E-state index contributed by atoms with van der Waals surface area (Å²) in [6, 6.07) is 9.00. The zero-order valence-corrected chi connectivity index (χ0v) is 15.2. The standard InChI is InChI=1S/C19H19ClF2N2O2/c1-12(19(26)23-2)24(11-13-6-8-14(21)9-7-13)18(25)10-15-16(20)4-3-5-17(15)22/h3-9,12H,10-11H2,1-2H3,(H,23,26)/t12-/m1/s1. The summed E-state index contributed by atoms with van der Waals surface area (Å²) in [6.45, 7) is 1.66. The lowest BCUT2D eigenvalue weighted by molar-refractivity contribution is -0.139. The molecule has 2 amide bonds. The molecular weight excluding hydrogens is 362 g/mol. The van der Waals surface area contributed by atoms with Crippen molar-refractivity contribution in [2.45, 2.75) is 25.9 Å². The summed E-state index contributed by atoms with van der Waals surface area (Å²) < 4.78 is 27.1. The monoisotopic (exact) mass is 380 g/mol. The molecule has 0 aliphatic rings. The Balaban J connectivity index is 2.28. The number of carbonyl (C=O) groups is 2. The van der Waals surface area contributed by atoms with E-state index in [1.165, 1.54) is 54.4 Å². The molecule has 0 saturated heterocycles. The molecule has 1 N–H and O–H groups in total. The SMILES string of the molecule is CNC(=O)[C@@H](C)N(Cc1ccc(F)cc1)C(=O)Cc1c(F)cccc1Cl. The summed E-state index contributed by atoms with van der Waals surface area (Å²) in [6.07, 6.45) is -0.284. The lowest BCUT2D eigenvalue weighted by Crippen LogP contribution is -2.47. The summed E-state index contributed by atoms with van der Waals surface area (Å²) in [5, 5.41) is 2.63. The molecule has 0 unspecified atom stereocenters. The number of amides is 2. The van der Waals surface area contributed by atoms with Crippen molar-refractivity contribution in [2.75, 3.05) is 7.05 Å². The Kier molecular flexibility index (Phi) is 6.69. The molecule has 0 fully saturated rings. The van der Waals surface area contributed by atoms with Gasteiger partial charge in [-0.2, -0.15) is 0 Å². The van der Waals surface area contributed by atoms with Gasteiger partial charge in [-0.05, 0) is 36.8 Å². The number of halogens is 3. The predicted molar refractivity (Wildman–Crippen MR) is 95.6 cm³/mol. The molecule has 2 rings (SSSR count). The first kappa shape index (κ1) is 19.8. The Morgan fingerprint density at radius 3 is 2.38 bits per heavy atom. The van der Waals surface area contributed by atoms with E-state index in [0.29, 0.717) is 5.56 Å². The molecule has 0 aromatic heterocycles. The first-order valence-corrected chi connectivity index (χ1v) is 8.39. The molecule has 4 nitrogen and oxygen atoms in total. The maximum atomic E-state index is 14.0. The number of carbonyl (C=O) groups excluding carboxylic acids is 2. The molecule has 0 bridgehead atoms. The topological polar surface area (TPSA) is 49.4 Å². The third-order valence-electron chi connectivity index (χ3n) is 4.07. The van der Waals surface area contributed by atoms with Crippen LogP contribution in [0.25, 0.3) is 0 Å². The lowest BCUT2D eigenvalue weighted by Gasteiger charge is -2.28. The van der Waals surface area contributed by atoms with Crippen molar-refractivity contribution in [3.05, 3.63) is 70.2 Å². The Morgan fingerprint density at radius 1 is 1.15 bits per heavy atom. The van der Waals surface area contributed by atoms with Gasteiger partial charge in [0.05, 0.1) is 6.42 Å². The van der Waals surface area contributed by atoms with Crippen LogP contribution in [0.5, 0.6) is 0 Å². The van der Waals surface area contributed by atoms with E-state index in [1.807, 2.05) is 0 Å². The van der Waals surface area contributed by atoms with E-state index in [-0.39, 0.29) is 29.5 Å². The van der Waals surface area contributed by atoms with E-state index >= 15 is 0 Å². The second-order valence-corrected chi connectivity index (χ2v) is 6.22. The van der Waals surface area contributed by atoms with Crippen molar-refractivity contribution >= 4 is 23.4 Å². The van der Waals surface area contributed by atoms with Gasteiger partial charge >= 0.3 is 0 Å². The van der Waals surface area contributed by atoms with Crippen molar-refractivity contribution < 1.29 is 18.4 Å². The summed E-state index contributed by atoms with van der Waals surface area (Å²) >= 11 is 5.99. The van der Waals surface area contributed by atoms with Crippen LogP contribution >= 0.6 is 11.6 Å². The highest BCUT2D eigenvalue weighted by Crippen LogP contribution is 2.21. The number of likely N-dealkylation sites (N-methyl/N-ethyl adjacent to an activating group) is 1. The minimum atomic E-state index is -0.789. The molecule has 7 heteroatoms. The Morgan fingerprint density at radius 2 is 1.81 bits per heavy atom. The maximum Gasteiger partial charge on any atom is 0.242 e. The van der Waals surface area contributed by atoms with E-state index in [1.54, 1.807) is 6.92 Å². The fourth-order valence-electron chi connectivity index (χ4n) is 2.53. The van der Waals surface area contributed by atoms with Crippen molar-refractivity contribution in [1.82, 2.24) is 10.2 Å². The molecule has 0 saturated carbocycles. The fraction of sp³-hybridized carbons (Fsp3) is 0.263. The summed E-state index contributed by atoms with van der Waals surface area (Å²) in [7, 11) is 1.47. The van der Waals surface area contributed by atoms with Crippen LogP contribution in [0.1, 0.15) is 18.1 Å². The molecular formula is C19H19ClF2N2O2. The predicted octanol–water partition coefficient (Wildman–Crippen LogP) is 3.32. The second kappa shape index (κ2) is 8.76. The molecule has 2 aromatic rings. The van der Waals surface area contributed by atoms with Crippen LogP contribution in [0.15, 0.2) is 42.5 Å². The highest BCUT2D eigenvalue weighted by molar-refractivity contribution is 6.31. The quantitative estimate of drug-likeness (QED) is 0.835. The first-order valence-electron chi connectivity index (χ1n) is 8.02. The molecule has 0 heterocycles. The van der Waals surface area contributed by atoms with Gasteiger partial charge in [0.1, 0.15) is 17.7 Å². The van der Waals surface area contributed by atoms with E-state index in [0.717, 1.165) is 0 Å². The molecule has 0 radical (unpaired) electrons.